The van der Waals surface area contributed by atoms with Crippen molar-refractivity contribution < 1.29 is 30.0 Å². The van der Waals surface area contributed by atoms with Crippen molar-refractivity contribution >= 4 is 28.4 Å². The van der Waals surface area contributed by atoms with Crippen LogP contribution >= 0.6 is 11.8 Å². The Hall–Kier alpha value is -3.50. The summed E-state index contributed by atoms with van der Waals surface area (Å²) in [4.78, 5) is 18.8. The summed E-state index contributed by atoms with van der Waals surface area (Å²) in [5.41, 5.74) is 9.54. The van der Waals surface area contributed by atoms with Gasteiger partial charge in [-0.2, -0.15) is 0 Å². The van der Waals surface area contributed by atoms with Crippen LogP contribution in [0.15, 0.2) is 113 Å². The molecule has 0 unspecified atom stereocenters. The number of rotatable bonds is 8. The van der Waals surface area contributed by atoms with E-state index in [9.17, 15) is 9.90 Å². The second-order valence-corrected chi connectivity index (χ2v) is 14.4. The molecule has 0 aliphatic carbocycles. The molecule has 0 atom stereocenters. The van der Waals surface area contributed by atoms with Gasteiger partial charge in [-0.1, -0.05) is 119 Å². The molecular weight excluding hydrogens is 775 g/mol. The van der Waals surface area contributed by atoms with E-state index in [0.29, 0.717) is 30.6 Å². The predicted molar refractivity (Wildman–Crippen MR) is 194 cm³/mol. The summed E-state index contributed by atoms with van der Waals surface area (Å²) >= 11 is 1.83. The number of allylic oxidation sites excluding steroid dienone is 2. The van der Waals surface area contributed by atoms with E-state index in [1.807, 2.05) is 39.5 Å². The number of para-hydroxylation sites is 1. The number of pyridine rings is 1. The topological polar surface area (TPSA) is 50.2 Å². The monoisotopic (exact) mass is 819 g/mol. The summed E-state index contributed by atoms with van der Waals surface area (Å²) in [7, 11) is 0. The minimum absolute atomic E-state index is 0. The van der Waals surface area contributed by atoms with E-state index in [0.717, 1.165) is 23.2 Å². The van der Waals surface area contributed by atoms with Crippen molar-refractivity contribution in [2.24, 2.45) is 17.8 Å². The van der Waals surface area contributed by atoms with Crippen LogP contribution in [-0.2, 0) is 31.3 Å². The average Bonchev–Trinajstić information content (AvgIpc) is 3.14. The molecule has 0 amide bonds. The predicted octanol–water partition coefficient (Wildman–Crippen LogP) is 11.8. The molecule has 1 radical (unpaired) electrons. The second-order valence-electron chi connectivity index (χ2n) is 13.3. The van der Waals surface area contributed by atoms with Crippen molar-refractivity contribution in [3.8, 4) is 33.5 Å². The molecule has 2 heterocycles. The summed E-state index contributed by atoms with van der Waals surface area (Å²) < 4.78 is 0. The van der Waals surface area contributed by atoms with Crippen molar-refractivity contribution in [1.82, 2.24) is 4.98 Å². The van der Waals surface area contributed by atoms with Crippen LogP contribution in [0.2, 0.25) is 0 Å². The van der Waals surface area contributed by atoms with Gasteiger partial charge in [0.15, 0.2) is 5.78 Å². The van der Waals surface area contributed by atoms with E-state index in [1.54, 1.807) is 0 Å². The molecule has 6 rings (SSSR count). The number of nitrogens with zero attached hydrogens (tertiary/aromatic N) is 1. The molecule has 1 N–H and O–H groups in total. The van der Waals surface area contributed by atoms with Gasteiger partial charge >= 0.3 is 0 Å². The van der Waals surface area contributed by atoms with E-state index in [4.69, 9.17) is 4.98 Å². The van der Waals surface area contributed by atoms with Crippen LogP contribution < -0.4 is 0 Å². The van der Waals surface area contributed by atoms with Gasteiger partial charge in [-0.05, 0) is 64.3 Å². The number of benzene rings is 4. The zero-order valence-electron chi connectivity index (χ0n) is 28.1. The number of aliphatic hydroxyl groups is 1. The smallest absolute Gasteiger partial charge is 0.159 e. The fourth-order valence-corrected chi connectivity index (χ4v) is 6.96. The maximum Gasteiger partial charge on any atom is 0.159 e. The van der Waals surface area contributed by atoms with Gasteiger partial charge in [0.05, 0.1) is 11.3 Å². The Labute approximate surface area is 298 Å². The third kappa shape index (κ3) is 9.32. The quantitative estimate of drug-likeness (QED) is 0.0944. The van der Waals surface area contributed by atoms with E-state index in [1.165, 1.54) is 49.1 Å². The van der Waals surface area contributed by atoms with Crippen LogP contribution in [0.1, 0.15) is 59.9 Å². The number of aromatic nitrogens is 1. The first kappa shape index (κ1) is 36.3. The number of aliphatic hydroxyl groups excluding tert-OH is 1. The van der Waals surface area contributed by atoms with E-state index < -0.39 is 0 Å². The zero-order valence-corrected chi connectivity index (χ0v) is 31.3. The van der Waals surface area contributed by atoms with Gasteiger partial charge in [0.1, 0.15) is 0 Å². The number of hydrogen-bond donors (Lipinski definition) is 1. The van der Waals surface area contributed by atoms with Crippen molar-refractivity contribution in [3.05, 3.63) is 114 Å². The van der Waals surface area contributed by atoms with Crippen molar-refractivity contribution in [1.29, 1.82) is 0 Å². The average molecular weight is 819 g/mol. The Morgan fingerprint density at radius 2 is 1.38 bits per heavy atom. The number of carbonyl (C=O) groups is 1. The van der Waals surface area contributed by atoms with Crippen molar-refractivity contribution in [2.45, 2.75) is 70.6 Å². The number of carbonyl (C=O) groups excluding carboxylic acids is 1. The normalized spacial score (nSPS) is 12.1. The first-order chi connectivity index (χ1) is 22.1. The molecule has 0 spiro atoms. The molecule has 0 saturated heterocycles. The third-order valence-corrected chi connectivity index (χ3v) is 8.92. The Morgan fingerprint density at radius 3 is 2.06 bits per heavy atom. The van der Waals surface area contributed by atoms with Crippen LogP contribution in [-0.4, -0.2) is 15.9 Å². The maximum absolute atomic E-state index is 11.2. The third-order valence-electron chi connectivity index (χ3n) is 7.79. The van der Waals surface area contributed by atoms with Gasteiger partial charge in [0, 0.05) is 49.3 Å². The minimum atomic E-state index is 0. The molecule has 245 valence electrons. The van der Waals surface area contributed by atoms with Crippen LogP contribution in [0.4, 0.5) is 0 Å². The van der Waals surface area contributed by atoms with E-state index in [-0.39, 0.29) is 31.6 Å². The molecule has 4 aromatic carbocycles. The largest absolute Gasteiger partial charge is 0.512 e. The van der Waals surface area contributed by atoms with Gasteiger partial charge < -0.3 is 5.11 Å². The molecule has 0 fully saturated rings. The first-order valence-electron chi connectivity index (χ1n) is 16.3. The van der Waals surface area contributed by atoms with Gasteiger partial charge in [-0.3, -0.25) is 9.78 Å². The van der Waals surface area contributed by atoms with Gasteiger partial charge in [0.25, 0.3) is 0 Å². The summed E-state index contributed by atoms with van der Waals surface area (Å²) in [5, 5.41) is 10.6. The molecule has 1 aliphatic rings. The van der Waals surface area contributed by atoms with Crippen LogP contribution in [0.3, 0.4) is 0 Å². The number of ketones is 1. The Bertz CT molecular complexity index is 1870. The SMILES string of the molecule is CC(C)CC(=O)/C=C(\O)CC(C)C.CC(C)Cc1cc(-c2[c-]cc3c(c2)-c2ccccc2-c2ccccc2S3)nc2ccccc12.[Ir]. The molecule has 0 saturated carbocycles. The summed E-state index contributed by atoms with van der Waals surface area (Å²) in [6.45, 7) is 12.6. The number of hydrogen-bond acceptors (Lipinski definition) is 4. The Kier molecular flexibility index (Phi) is 12.8. The van der Waals surface area contributed by atoms with Crippen molar-refractivity contribution in [2.75, 3.05) is 0 Å². The molecule has 0 bridgehead atoms. The first-order valence-corrected chi connectivity index (χ1v) is 17.1. The molecule has 5 heteroatoms. The van der Waals surface area contributed by atoms with Crippen LogP contribution in [0.5, 0.6) is 0 Å². The van der Waals surface area contributed by atoms with Crippen LogP contribution in [0, 0.1) is 23.8 Å². The molecule has 3 nitrogen and oxygen atoms in total. The second kappa shape index (κ2) is 16.6. The molecule has 5 aromatic rings. The Balaban J connectivity index is 0.000000307. The standard InChI is InChI=1S/C31H24NS.C11H20O2.Ir/c1-20(2)17-22-19-29(32-28-13-7-5-9-23(22)28)21-15-16-31-27(18-21)25-11-4-3-10-24(25)26-12-6-8-14-30(26)33-31;1-8(2)5-10(12)7-11(13)6-9(3)4;/h3-14,16,18-20H,17H2,1-2H3;7-9,12H,5-6H2,1-4H3;/q-1;;/b;10-7-;. The summed E-state index contributed by atoms with van der Waals surface area (Å²) in [6.07, 6.45) is 3.50. The minimum Gasteiger partial charge on any atom is -0.512 e. The van der Waals surface area contributed by atoms with Gasteiger partial charge in [0.2, 0.25) is 0 Å². The molecule has 47 heavy (non-hydrogen) atoms. The van der Waals surface area contributed by atoms with Crippen molar-refractivity contribution in [3.63, 3.8) is 0 Å². The van der Waals surface area contributed by atoms with Gasteiger partial charge in [-0.25, -0.2) is 0 Å². The fraction of sp³-hybridized carbons (Fsp3) is 0.286. The summed E-state index contributed by atoms with van der Waals surface area (Å²) in [5.74, 6) is 1.56. The fourth-order valence-electron chi connectivity index (χ4n) is 5.89. The van der Waals surface area contributed by atoms with E-state index >= 15 is 0 Å². The number of fused-ring (bicyclic) bond motifs is 6. The molecular formula is C42H44IrNO2S-. The molecule has 1 aliphatic heterocycles. The van der Waals surface area contributed by atoms with Gasteiger partial charge in [-0.15, -0.1) is 35.5 Å². The zero-order chi connectivity index (χ0) is 32.8. The van der Waals surface area contributed by atoms with E-state index in [2.05, 4.69) is 111 Å². The van der Waals surface area contributed by atoms with Crippen LogP contribution in [0.25, 0.3) is 44.4 Å². The Morgan fingerprint density at radius 1 is 0.766 bits per heavy atom. The maximum atomic E-state index is 11.2. The molecule has 1 aromatic heterocycles. The summed E-state index contributed by atoms with van der Waals surface area (Å²) in [6, 6.07) is 36.1.